The predicted octanol–water partition coefficient (Wildman–Crippen LogP) is 5.94. The molecule has 17 heavy (non-hydrogen) atoms. The standard InChI is InChI=1S/C12H8BrCl2FS/c1-6-2-10(17-12(6)15)11(14)7-3-8(13)5-9(16)4-7/h2-5,11H,1H3. The van der Waals surface area contributed by atoms with Crippen molar-refractivity contribution in [2.24, 2.45) is 0 Å². The molecule has 1 aromatic heterocycles. The van der Waals surface area contributed by atoms with Gasteiger partial charge in [0.2, 0.25) is 0 Å². The minimum Gasteiger partial charge on any atom is -0.207 e. The first kappa shape index (κ1) is 13.3. The fourth-order valence-electron chi connectivity index (χ4n) is 1.49. The Bertz CT molecular complexity index is 514. The Morgan fingerprint density at radius 3 is 2.53 bits per heavy atom. The van der Waals surface area contributed by atoms with Crippen LogP contribution in [0.1, 0.15) is 21.4 Å². The summed E-state index contributed by atoms with van der Waals surface area (Å²) in [6, 6.07) is 6.58. The summed E-state index contributed by atoms with van der Waals surface area (Å²) in [4.78, 5) is 0.923. The Labute approximate surface area is 121 Å². The van der Waals surface area contributed by atoms with Crippen LogP contribution in [0.3, 0.4) is 0 Å². The fraction of sp³-hybridized carbons (Fsp3) is 0.167. The van der Waals surface area contributed by atoms with E-state index in [0.717, 1.165) is 20.3 Å². The number of hydrogen-bond acceptors (Lipinski definition) is 1. The summed E-state index contributed by atoms with van der Waals surface area (Å²) in [6.07, 6.45) is 0. The van der Waals surface area contributed by atoms with E-state index in [1.54, 1.807) is 0 Å². The number of alkyl halides is 1. The van der Waals surface area contributed by atoms with Crippen LogP contribution in [0, 0.1) is 12.7 Å². The van der Waals surface area contributed by atoms with Crippen LogP contribution in [0.2, 0.25) is 4.34 Å². The normalized spacial score (nSPS) is 12.8. The molecule has 0 radical (unpaired) electrons. The van der Waals surface area contributed by atoms with Gasteiger partial charge in [-0.1, -0.05) is 27.5 Å². The summed E-state index contributed by atoms with van der Waals surface area (Å²) >= 11 is 17.0. The van der Waals surface area contributed by atoms with Gasteiger partial charge < -0.3 is 0 Å². The van der Waals surface area contributed by atoms with Crippen molar-refractivity contribution < 1.29 is 4.39 Å². The van der Waals surface area contributed by atoms with Crippen molar-refractivity contribution in [1.82, 2.24) is 0 Å². The topological polar surface area (TPSA) is 0 Å². The Hall–Kier alpha value is -0.0900. The third kappa shape index (κ3) is 3.02. The molecule has 90 valence electrons. The third-order valence-electron chi connectivity index (χ3n) is 2.30. The third-order valence-corrected chi connectivity index (χ3v) is 5.00. The maximum absolute atomic E-state index is 13.3. The van der Waals surface area contributed by atoms with Crippen LogP contribution in [-0.2, 0) is 0 Å². The number of thiophene rings is 1. The molecule has 0 aliphatic rings. The van der Waals surface area contributed by atoms with Crippen LogP contribution in [0.5, 0.6) is 0 Å². The first-order chi connectivity index (χ1) is 7.97. The molecule has 1 unspecified atom stereocenters. The zero-order valence-corrected chi connectivity index (χ0v) is 12.7. The number of hydrogen-bond donors (Lipinski definition) is 0. The summed E-state index contributed by atoms with van der Waals surface area (Å²) in [5.74, 6) is -0.306. The molecule has 1 aromatic carbocycles. The molecule has 0 amide bonds. The van der Waals surface area contributed by atoms with Gasteiger partial charge in [0.15, 0.2) is 0 Å². The van der Waals surface area contributed by atoms with Crippen molar-refractivity contribution in [1.29, 1.82) is 0 Å². The molecule has 0 saturated heterocycles. The molecule has 0 nitrogen and oxygen atoms in total. The van der Waals surface area contributed by atoms with E-state index < -0.39 is 0 Å². The van der Waals surface area contributed by atoms with Gasteiger partial charge in [-0.25, -0.2) is 4.39 Å². The molecule has 1 heterocycles. The molecular weight excluding hydrogens is 346 g/mol. The Morgan fingerprint density at radius 1 is 1.29 bits per heavy atom. The van der Waals surface area contributed by atoms with Gasteiger partial charge in [-0.05, 0) is 42.3 Å². The molecule has 2 aromatic rings. The quantitative estimate of drug-likeness (QED) is 0.586. The highest BCUT2D eigenvalue weighted by Gasteiger charge is 2.16. The first-order valence-electron chi connectivity index (χ1n) is 4.83. The summed E-state index contributed by atoms with van der Waals surface area (Å²) in [5.41, 5.74) is 1.71. The molecule has 5 heteroatoms. The zero-order valence-electron chi connectivity index (χ0n) is 8.81. The van der Waals surface area contributed by atoms with Gasteiger partial charge in [0.25, 0.3) is 0 Å². The van der Waals surface area contributed by atoms with Gasteiger partial charge in [0.1, 0.15) is 5.82 Å². The van der Waals surface area contributed by atoms with E-state index in [9.17, 15) is 4.39 Å². The second-order valence-corrected chi connectivity index (χ2v) is 6.71. The van der Waals surface area contributed by atoms with E-state index in [1.165, 1.54) is 23.5 Å². The molecule has 1 atom stereocenters. The summed E-state index contributed by atoms with van der Waals surface area (Å²) < 4.78 is 14.7. The molecule has 0 bridgehead atoms. The SMILES string of the molecule is Cc1cc(C(Cl)c2cc(F)cc(Br)c2)sc1Cl. The average molecular weight is 354 g/mol. The largest absolute Gasteiger partial charge is 0.207 e. The Kier molecular flexibility index (Phi) is 4.14. The van der Waals surface area contributed by atoms with Gasteiger partial charge in [0, 0.05) is 9.35 Å². The van der Waals surface area contributed by atoms with Gasteiger partial charge >= 0.3 is 0 Å². The van der Waals surface area contributed by atoms with E-state index in [4.69, 9.17) is 23.2 Å². The predicted molar refractivity (Wildman–Crippen MR) is 75.9 cm³/mol. The van der Waals surface area contributed by atoms with Crippen molar-refractivity contribution in [2.75, 3.05) is 0 Å². The minimum absolute atomic E-state index is 0.306. The molecule has 0 saturated carbocycles. The van der Waals surface area contributed by atoms with Crippen molar-refractivity contribution >= 4 is 50.5 Å². The maximum atomic E-state index is 13.3. The van der Waals surface area contributed by atoms with E-state index in [-0.39, 0.29) is 11.2 Å². The molecule has 0 aliphatic carbocycles. The van der Waals surface area contributed by atoms with Crippen molar-refractivity contribution in [2.45, 2.75) is 12.3 Å². The zero-order chi connectivity index (χ0) is 12.6. The number of aryl methyl sites for hydroxylation is 1. The summed E-state index contributed by atoms with van der Waals surface area (Å²) in [6.45, 7) is 1.92. The first-order valence-corrected chi connectivity index (χ1v) is 7.25. The molecule has 0 aliphatic heterocycles. The smallest absolute Gasteiger partial charge is 0.124 e. The molecule has 0 fully saturated rings. The molecule has 2 rings (SSSR count). The molecule has 0 N–H and O–H groups in total. The van der Waals surface area contributed by atoms with Crippen LogP contribution < -0.4 is 0 Å². The second kappa shape index (κ2) is 5.27. The lowest BCUT2D eigenvalue weighted by Gasteiger charge is -2.08. The lowest BCUT2D eigenvalue weighted by atomic mass is 10.1. The van der Waals surface area contributed by atoms with Crippen LogP contribution in [0.25, 0.3) is 0 Å². The molecule has 0 spiro atoms. The highest BCUT2D eigenvalue weighted by molar-refractivity contribution is 9.10. The highest BCUT2D eigenvalue weighted by atomic mass is 79.9. The van der Waals surface area contributed by atoms with Crippen LogP contribution in [0.4, 0.5) is 4.39 Å². The van der Waals surface area contributed by atoms with Crippen LogP contribution >= 0.6 is 50.5 Å². The van der Waals surface area contributed by atoms with E-state index in [0.29, 0.717) is 4.47 Å². The lowest BCUT2D eigenvalue weighted by molar-refractivity contribution is 0.625. The minimum atomic E-state index is -0.377. The van der Waals surface area contributed by atoms with E-state index in [2.05, 4.69) is 15.9 Å². The fourth-order valence-corrected chi connectivity index (χ4v) is 3.52. The van der Waals surface area contributed by atoms with Crippen LogP contribution in [-0.4, -0.2) is 0 Å². The van der Waals surface area contributed by atoms with Gasteiger partial charge in [-0.2, -0.15) is 0 Å². The number of rotatable bonds is 2. The number of halogens is 4. The van der Waals surface area contributed by atoms with Gasteiger partial charge in [-0.3, -0.25) is 0 Å². The average Bonchev–Trinajstić information content (AvgIpc) is 2.57. The lowest BCUT2D eigenvalue weighted by Crippen LogP contribution is -1.91. The van der Waals surface area contributed by atoms with Gasteiger partial charge in [-0.15, -0.1) is 22.9 Å². The monoisotopic (exact) mass is 352 g/mol. The van der Waals surface area contributed by atoms with Crippen LogP contribution in [0.15, 0.2) is 28.7 Å². The van der Waals surface area contributed by atoms with Crippen molar-refractivity contribution in [3.05, 3.63) is 54.9 Å². The van der Waals surface area contributed by atoms with E-state index in [1.807, 2.05) is 19.1 Å². The second-order valence-electron chi connectivity index (χ2n) is 3.67. The van der Waals surface area contributed by atoms with Gasteiger partial charge in [0.05, 0.1) is 9.71 Å². The number of benzene rings is 1. The van der Waals surface area contributed by atoms with Crippen molar-refractivity contribution in [3.63, 3.8) is 0 Å². The Balaban J connectivity index is 2.39. The highest BCUT2D eigenvalue weighted by Crippen LogP contribution is 2.38. The molecular formula is C12H8BrCl2FS. The summed E-state index contributed by atoms with van der Waals surface area (Å²) in [7, 11) is 0. The Morgan fingerprint density at radius 2 is 2.00 bits per heavy atom. The van der Waals surface area contributed by atoms with E-state index >= 15 is 0 Å². The maximum Gasteiger partial charge on any atom is 0.124 e. The van der Waals surface area contributed by atoms with Crippen molar-refractivity contribution in [3.8, 4) is 0 Å². The summed E-state index contributed by atoms with van der Waals surface area (Å²) in [5, 5.41) is -0.377.